The average Bonchev–Trinajstić information content (AvgIpc) is 3.14. The number of hydrogen-bond acceptors (Lipinski definition) is 2. The van der Waals surface area contributed by atoms with Crippen LogP contribution in [0.15, 0.2) is 109 Å². The molecule has 0 N–H and O–H groups in total. The van der Waals surface area contributed by atoms with Gasteiger partial charge in [0, 0.05) is 22.7 Å². The van der Waals surface area contributed by atoms with Gasteiger partial charge in [0.05, 0.1) is 11.4 Å². The van der Waals surface area contributed by atoms with Crippen molar-refractivity contribution >= 4 is 34.1 Å². The minimum atomic E-state index is -0.183. The highest BCUT2D eigenvalue weighted by Gasteiger charge is 2.46. The third-order valence-electron chi connectivity index (χ3n) is 13.5. The maximum Gasteiger partial charge on any atom is 0.0520 e. The van der Waals surface area contributed by atoms with Crippen molar-refractivity contribution in [2.24, 2.45) is 0 Å². The molecule has 2 nitrogen and oxygen atoms in total. The summed E-state index contributed by atoms with van der Waals surface area (Å²) in [4.78, 5) is 4.99. The molecule has 0 amide bonds. The number of aryl methyl sites for hydroxylation is 6. The van der Waals surface area contributed by atoms with Crippen molar-refractivity contribution in [2.45, 2.75) is 132 Å². The summed E-state index contributed by atoms with van der Waals surface area (Å²) in [6.07, 6.45) is 0. The zero-order chi connectivity index (χ0) is 42.3. The Balaban J connectivity index is 1.42. The van der Waals surface area contributed by atoms with E-state index in [1.165, 1.54) is 101 Å². The summed E-state index contributed by atoms with van der Waals surface area (Å²) in [5.41, 5.74) is 22.8. The Hall–Kier alpha value is -5.08. The standard InChI is InChI=1S/C56H66N2/c1-35-17-21-43(22-18-35)57(51-37(3)29-41(30-38(51)4)53(7,8)9)45-25-27-47-48-28-26-46(34-50(48)56(15,16)55(13,14)49(47)33-45)58(44-23-19-36(2)20-24-44)52-39(5)31-42(32-40(52)6)54(10,11)12/h17-34H,1-16H3. The van der Waals surface area contributed by atoms with Crippen molar-refractivity contribution in [1.82, 2.24) is 0 Å². The summed E-state index contributed by atoms with van der Waals surface area (Å²) in [5.74, 6) is 0. The molecule has 0 unspecified atom stereocenters. The highest BCUT2D eigenvalue weighted by molar-refractivity contribution is 5.88. The van der Waals surface area contributed by atoms with Crippen molar-refractivity contribution < 1.29 is 0 Å². The first-order valence-corrected chi connectivity index (χ1v) is 21.3. The van der Waals surface area contributed by atoms with Gasteiger partial charge in [0.1, 0.15) is 0 Å². The van der Waals surface area contributed by atoms with Gasteiger partial charge < -0.3 is 9.80 Å². The first-order chi connectivity index (χ1) is 27.0. The molecule has 0 atom stereocenters. The zero-order valence-corrected chi connectivity index (χ0v) is 38.3. The van der Waals surface area contributed by atoms with Crippen LogP contribution in [0.4, 0.5) is 34.1 Å². The fraction of sp³-hybridized carbons (Fsp3) is 0.357. The number of hydrogen-bond donors (Lipinski definition) is 0. The quantitative estimate of drug-likeness (QED) is 0.167. The molecule has 6 aromatic rings. The Morgan fingerprint density at radius 2 is 0.638 bits per heavy atom. The second-order valence-electron chi connectivity index (χ2n) is 20.5. The van der Waals surface area contributed by atoms with Crippen LogP contribution in [0, 0.1) is 41.5 Å². The van der Waals surface area contributed by atoms with Crippen LogP contribution >= 0.6 is 0 Å². The van der Waals surface area contributed by atoms with E-state index >= 15 is 0 Å². The summed E-state index contributed by atoms with van der Waals surface area (Å²) in [5, 5.41) is 0. The van der Waals surface area contributed by atoms with Crippen molar-refractivity contribution in [3.63, 3.8) is 0 Å². The van der Waals surface area contributed by atoms with E-state index in [0.29, 0.717) is 0 Å². The molecular weight excluding hydrogens is 701 g/mol. The third-order valence-corrected chi connectivity index (χ3v) is 13.5. The molecule has 0 spiro atoms. The summed E-state index contributed by atoms with van der Waals surface area (Å²) >= 11 is 0. The topological polar surface area (TPSA) is 6.48 Å². The molecule has 0 heterocycles. The molecule has 1 aliphatic rings. The van der Waals surface area contributed by atoms with Gasteiger partial charge in [-0.3, -0.25) is 0 Å². The van der Waals surface area contributed by atoms with Gasteiger partial charge in [-0.25, -0.2) is 0 Å². The third kappa shape index (κ3) is 7.08. The SMILES string of the molecule is Cc1ccc(N(c2ccc3c(c2)C(C)(C)C(C)(C)c2cc(N(c4ccc(C)cc4)c4c(C)cc(C(C)(C)C)cc4C)ccc2-3)c2c(C)cc(C(C)(C)C)cc2C)cc1. The lowest BCUT2D eigenvalue weighted by atomic mass is 9.55. The molecule has 0 saturated carbocycles. The Kier molecular flexibility index (Phi) is 10.2. The average molecular weight is 767 g/mol. The lowest BCUT2D eigenvalue weighted by Crippen LogP contribution is -2.43. The van der Waals surface area contributed by atoms with E-state index in [0.717, 1.165) is 0 Å². The molecule has 58 heavy (non-hydrogen) atoms. The molecule has 0 saturated heterocycles. The molecular formula is C56H66N2. The van der Waals surface area contributed by atoms with Gasteiger partial charge in [-0.05, 0) is 167 Å². The second-order valence-corrected chi connectivity index (χ2v) is 20.5. The zero-order valence-electron chi connectivity index (χ0n) is 38.3. The van der Waals surface area contributed by atoms with Gasteiger partial charge >= 0.3 is 0 Å². The van der Waals surface area contributed by atoms with Crippen LogP contribution in [0.5, 0.6) is 0 Å². The maximum absolute atomic E-state index is 2.49. The van der Waals surface area contributed by atoms with Gasteiger partial charge in [-0.1, -0.05) is 141 Å². The predicted octanol–water partition coefficient (Wildman–Crippen LogP) is 16.3. The largest absolute Gasteiger partial charge is 0.310 e. The molecule has 0 fully saturated rings. The number of rotatable bonds is 6. The summed E-state index contributed by atoms with van der Waals surface area (Å²) in [6.45, 7) is 37.1. The van der Waals surface area contributed by atoms with Crippen LogP contribution < -0.4 is 9.80 Å². The van der Waals surface area contributed by atoms with Crippen molar-refractivity contribution in [3.05, 3.63) is 165 Å². The molecule has 2 heteroatoms. The van der Waals surface area contributed by atoms with Crippen LogP contribution in [0.1, 0.15) is 125 Å². The normalized spacial score (nSPS) is 14.5. The molecule has 0 bridgehead atoms. The first-order valence-electron chi connectivity index (χ1n) is 21.3. The monoisotopic (exact) mass is 767 g/mol. The van der Waals surface area contributed by atoms with E-state index in [-0.39, 0.29) is 21.7 Å². The summed E-state index contributed by atoms with van der Waals surface area (Å²) in [6, 6.07) is 42.1. The Morgan fingerprint density at radius 1 is 0.362 bits per heavy atom. The second kappa shape index (κ2) is 14.3. The summed E-state index contributed by atoms with van der Waals surface area (Å²) in [7, 11) is 0. The number of nitrogens with zero attached hydrogens (tertiary/aromatic N) is 2. The Labute approximate surface area is 351 Å². The van der Waals surface area contributed by atoms with Crippen LogP contribution in [-0.4, -0.2) is 0 Å². The lowest BCUT2D eigenvalue weighted by molar-refractivity contribution is 0.299. The minimum absolute atomic E-state index is 0.0726. The lowest BCUT2D eigenvalue weighted by Gasteiger charge is -2.49. The van der Waals surface area contributed by atoms with E-state index in [1.807, 2.05) is 0 Å². The van der Waals surface area contributed by atoms with Crippen LogP contribution in [0.3, 0.4) is 0 Å². The maximum atomic E-state index is 2.49. The molecule has 6 aromatic carbocycles. The number of fused-ring (bicyclic) bond motifs is 3. The smallest absolute Gasteiger partial charge is 0.0520 e. The van der Waals surface area contributed by atoms with E-state index in [1.54, 1.807) is 0 Å². The highest BCUT2D eigenvalue weighted by Crippen LogP contribution is 2.56. The van der Waals surface area contributed by atoms with E-state index in [4.69, 9.17) is 0 Å². The van der Waals surface area contributed by atoms with Crippen LogP contribution in [0.2, 0.25) is 0 Å². The molecule has 0 aliphatic heterocycles. The van der Waals surface area contributed by atoms with Gasteiger partial charge in [0.15, 0.2) is 0 Å². The molecule has 0 aromatic heterocycles. The molecule has 7 rings (SSSR count). The van der Waals surface area contributed by atoms with Gasteiger partial charge in [0.25, 0.3) is 0 Å². The fourth-order valence-electron chi connectivity index (χ4n) is 9.21. The van der Waals surface area contributed by atoms with Crippen LogP contribution in [0.25, 0.3) is 11.1 Å². The van der Waals surface area contributed by atoms with Gasteiger partial charge in [0.2, 0.25) is 0 Å². The van der Waals surface area contributed by atoms with Gasteiger partial charge in [-0.2, -0.15) is 0 Å². The van der Waals surface area contributed by atoms with Crippen molar-refractivity contribution in [3.8, 4) is 11.1 Å². The molecule has 1 aliphatic carbocycles. The highest BCUT2D eigenvalue weighted by atomic mass is 15.2. The van der Waals surface area contributed by atoms with Crippen LogP contribution in [-0.2, 0) is 21.7 Å². The van der Waals surface area contributed by atoms with Gasteiger partial charge in [-0.15, -0.1) is 0 Å². The Morgan fingerprint density at radius 3 is 0.914 bits per heavy atom. The Bertz CT molecular complexity index is 2290. The van der Waals surface area contributed by atoms with E-state index in [2.05, 4.69) is 230 Å². The molecule has 0 radical (unpaired) electrons. The van der Waals surface area contributed by atoms with Crippen molar-refractivity contribution in [1.29, 1.82) is 0 Å². The van der Waals surface area contributed by atoms with E-state index < -0.39 is 0 Å². The number of anilines is 6. The first kappa shape index (κ1) is 41.1. The van der Waals surface area contributed by atoms with E-state index in [9.17, 15) is 0 Å². The minimum Gasteiger partial charge on any atom is -0.310 e. The molecule has 300 valence electrons. The summed E-state index contributed by atoms with van der Waals surface area (Å²) < 4.78 is 0. The fourth-order valence-corrected chi connectivity index (χ4v) is 9.21. The number of benzene rings is 6. The van der Waals surface area contributed by atoms with Crippen molar-refractivity contribution in [2.75, 3.05) is 9.80 Å². The predicted molar refractivity (Wildman–Crippen MR) is 253 cm³/mol.